The molecule has 0 spiro atoms. The number of hydrogen-bond acceptors (Lipinski definition) is 8. The van der Waals surface area contributed by atoms with Gasteiger partial charge in [0.15, 0.2) is 0 Å². The number of halogens is 3. The van der Waals surface area contributed by atoms with Crippen LogP contribution in [0.5, 0.6) is 0 Å². The summed E-state index contributed by atoms with van der Waals surface area (Å²) < 4.78 is 1.06. The fourth-order valence-electron chi connectivity index (χ4n) is 3.21. The smallest absolute Gasteiger partial charge is 0.253 e. The number of carbonyl (C=O) groups excluding carboxylic acids is 3. The minimum Gasteiger partial charge on any atom is -0.394 e. The summed E-state index contributed by atoms with van der Waals surface area (Å²) in [4.78, 5) is 40.2. The highest BCUT2D eigenvalue weighted by atomic mass is 127. The summed E-state index contributed by atoms with van der Waals surface area (Å²) >= 11 is 5.68. The molecule has 184 valence electrons. The number of benzene rings is 1. The zero-order valence-electron chi connectivity index (χ0n) is 17.2. The zero-order valence-corrected chi connectivity index (χ0v) is 23.7. The van der Waals surface area contributed by atoms with Crippen molar-refractivity contribution >= 4 is 91.2 Å². The molecule has 1 saturated heterocycles. The molecule has 33 heavy (non-hydrogen) atoms. The zero-order chi connectivity index (χ0) is 24.9. The minimum absolute atomic E-state index is 0.0982. The van der Waals surface area contributed by atoms with Crippen LogP contribution in [0.2, 0.25) is 0 Å². The molecule has 7 N–H and O–H groups in total. The summed E-state index contributed by atoms with van der Waals surface area (Å²) in [6.45, 7) is -1.84. The van der Waals surface area contributed by atoms with Crippen LogP contribution in [-0.2, 0) is 4.79 Å². The molecule has 1 aromatic rings. The first-order valence-electron chi connectivity index (χ1n) is 9.86. The monoisotopic (exact) mass is 803 g/mol. The highest BCUT2D eigenvalue weighted by Gasteiger charge is 2.38. The fourth-order valence-corrected chi connectivity index (χ4v) is 7.88. The summed E-state index contributed by atoms with van der Waals surface area (Å²) in [6.07, 6.45) is -1.72. The molecule has 1 fully saturated rings. The van der Waals surface area contributed by atoms with Crippen molar-refractivity contribution in [3.63, 3.8) is 0 Å². The largest absolute Gasteiger partial charge is 0.394 e. The van der Waals surface area contributed by atoms with Gasteiger partial charge in [-0.2, -0.15) is 0 Å². The van der Waals surface area contributed by atoms with E-state index >= 15 is 0 Å². The van der Waals surface area contributed by atoms with Gasteiger partial charge in [0.2, 0.25) is 5.91 Å². The molecule has 0 radical (unpaired) electrons. The number of nitrogens with zero attached hydrogens (tertiary/aromatic N) is 1. The molecular formula is C19H24I3N3O8. The van der Waals surface area contributed by atoms with Crippen LogP contribution in [0.3, 0.4) is 0 Å². The lowest BCUT2D eigenvalue weighted by molar-refractivity contribution is -0.117. The SMILES string of the molecule is O=C(NCC(O)CO)c1c(I)c(C(=O)NCC(O)CO)c(I)c(N2C(=O)CCC2CO)c1I. The van der Waals surface area contributed by atoms with E-state index in [1.165, 1.54) is 4.90 Å². The number of amides is 3. The van der Waals surface area contributed by atoms with Crippen molar-refractivity contribution in [2.24, 2.45) is 0 Å². The second kappa shape index (κ2) is 13.1. The summed E-state index contributed by atoms with van der Waals surface area (Å²) in [5, 5.41) is 52.0. The van der Waals surface area contributed by atoms with Crippen molar-refractivity contribution in [3.8, 4) is 0 Å². The minimum atomic E-state index is -1.17. The summed E-state index contributed by atoms with van der Waals surface area (Å²) in [5.41, 5.74) is 0.515. The van der Waals surface area contributed by atoms with Crippen LogP contribution in [0.1, 0.15) is 33.6 Å². The average Bonchev–Trinajstić information content (AvgIpc) is 3.15. The number of hydrogen-bond donors (Lipinski definition) is 7. The first kappa shape index (κ1) is 28.9. The van der Waals surface area contributed by atoms with Gasteiger partial charge in [-0.25, -0.2) is 0 Å². The maximum absolute atomic E-state index is 13.0. The maximum Gasteiger partial charge on any atom is 0.253 e. The van der Waals surface area contributed by atoms with Crippen molar-refractivity contribution in [2.45, 2.75) is 31.1 Å². The maximum atomic E-state index is 13.0. The molecular weight excluding hydrogens is 779 g/mol. The van der Waals surface area contributed by atoms with Crippen molar-refractivity contribution in [1.82, 2.24) is 10.6 Å². The molecule has 11 nitrogen and oxygen atoms in total. The molecule has 1 aromatic carbocycles. The van der Waals surface area contributed by atoms with E-state index in [-0.39, 0.29) is 46.7 Å². The third-order valence-electron chi connectivity index (χ3n) is 4.94. The highest BCUT2D eigenvalue weighted by Crippen LogP contribution is 2.40. The van der Waals surface area contributed by atoms with Crippen LogP contribution in [0.25, 0.3) is 0 Å². The van der Waals surface area contributed by atoms with E-state index in [1.807, 2.05) is 67.8 Å². The Morgan fingerprint density at radius 3 is 1.76 bits per heavy atom. The van der Waals surface area contributed by atoms with Gasteiger partial charge in [-0.1, -0.05) is 0 Å². The molecule has 3 unspecified atom stereocenters. The lowest BCUT2D eigenvalue weighted by Gasteiger charge is -2.28. The number of aliphatic hydroxyl groups excluding tert-OH is 5. The van der Waals surface area contributed by atoms with Gasteiger partial charge in [-0.15, -0.1) is 0 Å². The van der Waals surface area contributed by atoms with E-state index < -0.39 is 43.3 Å². The van der Waals surface area contributed by atoms with Crippen molar-refractivity contribution in [1.29, 1.82) is 0 Å². The van der Waals surface area contributed by atoms with Gasteiger partial charge in [0.05, 0.1) is 62.0 Å². The summed E-state index contributed by atoms with van der Waals surface area (Å²) in [7, 11) is 0. The first-order valence-corrected chi connectivity index (χ1v) is 13.1. The van der Waals surface area contributed by atoms with Gasteiger partial charge in [0.25, 0.3) is 11.8 Å². The summed E-state index contributed by atoms with van der Waals surface area (Å²) in [6, 6.07) is -0.515. The van der Waals surface area contributed by atoms with Crippen LogP contribution >= 0.6 is 67.8 Å². The third kappa shape index (κ3) is 6.64. The Bertz CT molecular complexity index is 864. The molecule has 3 amide bonds. The molecule has 2 rings (SSSR count). The van der Waals surface area contributed by atoms with Crippen molar-refractivity contribution < 1.29 is 39.9 Å². The van der Waals surface area contributed by atoms with Crippen LogP contribution < -0.4 is 15.5 Å². The fraction of sp³-hybridized carbons (Fsp3) is 0.526. The van der Waals surface area contributed by atoms with E-state index in [0.717, 1.165) is 0 Å². The predicted molar refractivity (Wildman–Crippen MR) is 143 cm³/mol. The molecule has 0 aromatic heterocycles. The van der Waals surface area contributed by atoms with Gasteiger partial charge in [0.1, 0.15) is 0 Å². The Labute approximate surface area is 230 Å². The van der Waals surface area contributed by atoms with Crippen molar-refractivity contribution in [3.05, 3.63) is 21.8 Å². The number of carbonyl (C=O) groups is 3. The normalized spacial score (nSPS) is 17.8. The van der Waals surface area contributed by atoms with Crippen LogP contribution in [0.4, 0.5) is 5.69 Å². The number of rotatable bonds is 10. The quantitative estimate of drug-likeness (QED) is 0.150. The van der Waals surface area contributed by atoms with Gasteiger partial charge in [-0.3, -0.25) is 14.4 Å². The van der Waals surface area contributed by atoms with E-state index in [2.05, 4.69) is 10.6 Å². The van der Waals surface area contributed by atoms with Crippen LogP contribution in [0.15, 0.2) is 0 Å². The number of anilines is 1. The number of nitrogens with one attached hydrogen (secondary N) is 2. The number of aliphatic hydroxyl groups is 5. The summed E-state index contributed by atoms with van der Waals surface area (Å²) in [5.74, 6) is -1.49. The van der Waals surface area contributed by atoms with Crippen LogP contribution in [-0.4, -0.2) is 94.4 Å². The van der Waals surface area contributed by atoms with Gasteiger partial charge in [-0.05, 0) is 74.2 Å². The molecule has 1 heterocycles. The third-order valence-corrected chi connectivity index (χ3v) is 8.12. The molecule has 1 aliphatic heterocycles. The van der Waals surface area contributed by atoms with Gasteiger partial charge >= 0.3 is 0 Å². The van der Waals surface area contributed by atoms with Gasteiger partial charge < -0.3 is 41.1 Å². The Hall–Kier alpha value is -0.380. The molecule has 0 bridgehead atoms. The Morgan fingerprint density at radius 2 is 1.36 bits per heavy atom. The molecule has 0 saturated carbocycles. The average molecular weight is 803 g/mol. The highest BCUT2D eigenvalue weighted by molar-refractivity contribution is 14.1. The Kier molecular flexibility index (Phi) is 11.4. The second-order valence-corrected chi connectivity index (χ2v) is 10.5. The van der Waals surface area contributed by atoms with E-state index in [1.54, 1.807) is 0 Å². The first-order chi connectivity index (χ1) is 15.6. The topological polar surface area (TPSA) is 180 Å². The van der Waals surface area contributed by atoms with E-state index in [0.29, 0.717) is 19.2 Å². The van der Waals surface area contributed by atoms with E-state index in [9.17, 15) is 29.7 Å². The molecule has 0 aliphatic carbocycles. The van der Waals surface area contributed by atoms with E-state index in [4.69, 9.17) is 10.2 Å². The Morgan fingerprint density at radius 1 is 0.909 bits per heavy atom. The lowest BCUT2D eigenvalue weighted by Crippen LogP contribution is -2.40. The standard InChI is InChI=1S/C19H24I3N3O8/c20-14-12(18(32)23-3-9(29)6-27)15(21)17(25-8(5-26)1-2-11(25)31)16(22)13(14)19(33)24-4-10(30)7-28/h8-10,26-30H,1-7H2,(H,23,32)(H,24,33). The van der Waals surface area contributed by atoms with Crippen molar-refractivity contribution in [2.75, 3.05) is 37.8 Å². The molecule has 1 aliphatic rings. The van der Waals surface area contributed by atoms with Gasteiger partial charge in [0, 0.05) is 23.1 Å². The Balaban J connectivity index is 2.64. The predicted octanol–water partition coefficient (Wildman–Crippen LogP) is -0.846. The lowest BCUT2D eigenvalue weighted by atomic mass is 10.1. The molecule has 14 heteroatoms. The molecule has 3 atom stereocenters. The second-order valence-electron chi connectivity index (χ2n) is 7.27. The van der Waals surface area contributed by atoms with Crippen LogP contribution in [0, 0.1) is 10.7 Å².